The molecule has 0 aliphatic carbocycles. The van der Waals surface area contributed by atoms with Crippen molar-refractivity contribution in [3.8, 4) is 5.75 Å². The second kappa shape index (κ2) is 8.82. The Morgan fingerprint density at radius 3 is 2.53 bits per heavy atom. The van der Waals surface area contributed by atoms with Crippen molar-refractivity contribution in [2.75, 3.05) is 13.2 Å². The maximum absolute atomic E-state index is 12.0. The first kappa shape index (κ1) is 15.9. The van der Waals surface area contributed by atoms with E-state index in [1.165, 1.54) is 12.1 Å². The molecule has 1 unspecified atom stereocenters. The number of rotatable bonds is 9. The van der Waals surface area contributed by atoms with Crippen molar-refractivity contribution >= 4 is 0 Å². The standard InChI is InChI=1S/C14H21F2NO2/c1-11(10-18)3-2-8-17-9-12-4-6-13(7-5-12)19-14(15)16/h4-7,11,14,17-18H,2-3,8-10H2,1H3. The third-order valence-electron chi connectivity index (χ3n) is 2.84. The van der Waals surface area contributed by atoms with Crippen LogP contribution in [0.2, 0.25) is 0 Å². The lowest BCUT2D eigenvalue weighted by Gasteiger charge is -2.09. The second-order valence-electron chi connectivity index (χ2n) is 4.63. The van der Waals surface area contributed by atoms with Gasteiger partial charge in [0.1, 0.15) is 5.75 Å². The van der Waals surface area contributed by atoms with Gasteiger partial charge in [-0.05, 0) is 43.0 Å². The van der Waals surface area contributed by atoms with Gasteiger partial charge in [0.2, 0.25) is 0 Å². The summed E-state index contributed by atoms with van der Waals surface area (Å²) < 4.78 is 28.2. The number of ether oxygens (including phenoxy) is 1. The Hall–Kier alpha value is -1.20. The minimum atomic E-state index is -2.78. The molecule has 0 aliphatic heterocycles. The second-order valence-corrected chi connectivity index (χ2v) is 4.63. The number of nitrogens with one attached hydrogen (secondary N) is 1. The molecule has 0 aromatic heterocycles. The largest absolute Gasteiger partial charge is 0.435 e. The first-order valence-electron chi connectivity index (χ1n) is 6.47. The van der Waals surface area contributed by atoms with Crippen LogP contribution in [0, 0.1) is 5.92 Å². The smallest absolute Gasteiger partial charge is 0.387 e. The molecule has 108 valence electrons. The highest BCUT2D eigenvalue weighted by Gasteiger charge is 2.03. The average Bonchev–Trinajstić information content (AvgIpc) is 2.39. The molecular weight excluding hydrogens is 252 g/mol. The van der Waals surface area contributed by atoms with Crippen LogP contribution in [0.15, 0.2) is 24.3 Å². The van der Waals surface area contributed by atoms with Crippen molar-refractivity contribution in [2.45, 2.75) is 32.9 Å². The summed E-state index contributed by atoms with van der Waals surface area (Å²) >= 11 is 0. The van der Waals surface area contributed by atoms with Crippen molar-refractivity contribution < 1.29 is 18.6 Å². The van der Waals surface area contributed by atoms with E-state index < -0.39 is 6.61 Å². The number of hydrogen-bond acceptors (Lipinski definition) is 3. The minimum absolute atomic E-state index is 0.176. The van der Waals surface area contributed by atoms with E-state index >= 15 is 0 Å². The third kappa shape index (κ3) is 7.08. The summed E-state index contributed by atoms with van der Waals surface area (Å²) in [4.78, 5) is 0. The van der Waals surface area contributed by atoms with E-state index in [4.69, 9.17) is 5.11 Å². The number of halogens is 2. The lowest BCUT2D eigenvalue weighted by molar-refractivity contribution is -0.0498. The van der Waals surface area contributed by atoms with Crippen LogP contribution in [-0.2, 0) is 6.54 Å². The molecule has 1 rings (SSSR count). The van der Waals surface area contributed by atoms with Crippen LogP contribution in [0.5, 0.6) is 5.75 Å². The summed E-state index contributed by atoms with van der Waals surface area (Å²) in [6, 6.07) is 6.61. The number of alkyl halides is 2. The molecular formula is C14H21F2NO2. The molecule has 0 saturated carbocycles. The van der Waals surface area contributed by atoms with Gasteiger partial charge >= 0.3 is 6.61 Å². The summed E-state index contributed by atoms with van der Waals surface area (Å²) in [5, 5.41) is 12.1. The highest BCUT2D eigenvalue weighted by atomic mass is 19.3. The van der Waals surface area contributed by atoms with Crippen molar-refractivity contribution in [3.63, 3.8) is 0 Å². The zero-order valence-electron chi connectivity index (χ0n) is 11.1. The first-order chi connectivity index (χ1) is 9.11. The summed E-state index contributed by atoms with van der Waals surface area (Å²) in [6.07, 6.45) is 2.00. The molecule has 5 heteroatoms. The number of aliphatic hydroxyl groups excluding tert-OH is 1. The van der Waals surface area contributed by atoms with E-state index in [9.17, 15) is 8.78 Å². The van der Waals surface area contributed by atoms with E-state index in [1.54, 1.807) is 12.1 Å². The van der Waals surface area contributed by atoms with Gasteiger partial charge in [-0.2, -0.15) is 8.78 Å². The van der Waals surface area contributed by atoms with Gasteiger partial charge in [0.15, 0.2) is 0 Å². The molecule has 1 aromatic carbocycles. The van der Waals surface area contributed by atoms with Crippen LogP contribution < -0.4 is 10.1 Å². The van der Waals surface area contributed by atoms with Crippen LogP contribution in [0.3, 0.4) is 0 Å². The summed E-state index contributed by atoms with van der Waals surface area (Å²) in [6.45, 7) is 1.03. The topological polar surface area (TPSA) is 41.5 Å². The van der Waals surface area contributed by atoms with Gasteiger partial charge in [-0.25, -0.2) is 0 Å². The van der Waals surface area contributed by atoms with Crippen molar-refractivity contribution in [1.82, 2.24) is 5.32 Å². The molecule has 2 N–H and O–H groups in total. The van der Waals surface area contributed by atoms with E-state index in [0.29, 0.717) is 12.5 Å². The molecule has 0 bridgehead atoms. The summed E-state index contributed by atoms with van der Waals surface area (Å²) in [5.74, 6) is 0.517. The van der Waals surface area contributed by atoms with E-state index in [2.05, 4.69) is 10.1 Å². The molecule has 1 aromatic rings. The van der Waals surface area contributed by atoms with Crippen molar-refractivity contribution in [2.24, 2.45) is 5.92 Å². The highest BCUT2D eigenvalue weighted by molar-refractivity contribution is 5.27. The van der Waals surface area contributed by atoms with Gasteiger partial charge in [-0.3, -0.25) is 0 Å². The normalized spacial score (nSPS) is 12.7. The predicted molar refractivity (Wildman–Crippen MR) is 70.3 cm³/mol. The fourth-order valence-electron chi connectivity index (χ4n) is 1.69. The Kier molecular flexibility index (Phi) is 7.36. The molecule has 0 saturated heterocycles. The van der Waals surface area contributed by atoms with Gasteiger partial charge in [0.05, 0.1) is 0 Å². The van der Waals surface area contributed by atoms with Crippen LogP contribution >= 0.6 is 0 Å². The maximum Gasteiger partial charge on any atom is 0.387 e. The Morgan fingerprint density at radius 2 is 1.95 bits per heavy atom. The molecule has 0 spiro atoms. The van der Waals surface area contributed by atoms with Gasteiger partial charge < -0.3 is 15.2 Å². The Balaban J connectivity index is 2.19. The quantitative estimate of drug-likeness (QED) is 0.680. The molecule has 0 radical (unpaired) electrons. The molecule has 0 amide bonds. The molecule has 3 nitrogen and oxygen atoms in total. The van der Waals surface area contributed by atoms with Gasteiger partial charge in [0.25, 0.3) is 0 Å². The van der Waals surface area contributed by atoms with E-state index in [1.807, 2.05) is 6.92 Å². The first-order valence-corrected chi connectivity index (χ1v) is 6.47. The molecule has 0 heterocycles. The lowest BCUT2D eigenvalue weighted by atomic mass is 10.1. The fraction of sp³-hybridized carbons (Fsp3) is 0.571. The van der Waals surface area contributed by atoms with Gasteiger partial charge in [-0.15, -0.1) is 0 Å². The van der Waals surface area contributed by atoms with Crippen LogP contribution in [0.25, 0.3) is 0 Å². The minimum Gasteiger partial charge on any atom is -0.435 e. The number of hydrogen-bond donors (Lipinski definition) is 2. The third-order valence-corrected chi connectivity index (χ3v) is 2.84. The zero-order chi connectivity index (χ0) is 14.1. The Labute approximate surface area is 112 Å². The SMILES string of the molecule is CC(CO)CCCNCc1ccc(OC(F)F)cc1. The molecule has 1 atom stereocenters. The monoisotopic (exact) mass is 273 g/mol. The predicted octanol–water partition coefficient (Wildman–Crippen LogP) is 2.79. The van der Waals surface area contributed by atoms with Gasteiger partial charge in [0, 0.05) is 13.2 Å². The fourth-order valence-corrected chi connectivity index (χ4v) is 1.69. The Morgan fingerprint density at radius 1 is 1.26 bits per heavy atom. The molecule has 0 fully saturated rings. The molecule has 0 aliphatic rings. The average molecular weight is 273 g/mol. The van der Waals surface area contributed by atoms with Crippen LogP contribution in [0.1, 0.15) is 25.3 Å². The van der Waals surface area contributed by atoms with E-state index in [0.717, 1.165) is 24.9 Å². The highest BCUT2D eigenvalue weighted by Crippen LogP contribution is 2.14. The molecule has 19 heavy (non-hydrogen) atoms. The Bertz CT molecular complexity index is 344. The van der Waals surface area contributed by atoms with Crippen molar-refractivity contribution in [1.29, 1.82) is 0 Å². The van der Waals surface area contributed by atoms with Crippen LogP contribution in [-0.4, -0.2) is 24.9 Å². The number of aliphatic hydroxyl groups is 1. The van der Waals surface area contributed by atoms with E-state index in [-0.39, 0.29) is 12.4 Å². The van der Waals surface area contributed by atoms with Gasteiger partial charge in [-0.1, -0.05) is 19.1 Å². The van der Waals surface area contributed by atoms with Crippen LogP contribution in [0.4, 0.5) is 8.78 Å². The summed E-state index contributed by atoms with van der Waals surface area (Å²) in [5.41, 5.74) is 1.02. The summed E-state index contributed by atoms with van der Waals surface area (Å²) in [7, 11) is 0. The van der Waals surface area contributed by atoms with Crippen molar-refractivity contribution in [3.05, 3.63) is 29.8 Å². The number of benzene rings is 1. The lowest BCUT2D eigenvalue weighted by Crippen LogP contribution is -2.16. The zero-order valence-corrected chi connectivity index (χ0v) is 11.1. The maximum atomic E-state index is 12.0.